The van der Waals surface area contributed by atoms with Gasteiger partial charge in [-0.05, 0) is 47.5 Å². The van der Waals surface area contributed by atoms with Crippen LogP contribution in [0.25, 0.3) is 11.1 Å². The van der Waals surface area contributed by atoms with E-state index < -0.39 is 23.5 Å². The Kier molecular flexibility index (Phi) is 7.53. The van der Waals surface area contributed by atoms with Gasteiger partial charge < -0.3 is 9.47 Å². The van der Waals surface area contributed by atoms with E-state index in [1.165, 1.54) is 38.5 Å². The number of para-hydroxylation sites is 2. The van der Waals surface area contributed by atoms with Gasteiger partial charge in [0.15, 0.2) is 0 Å². The maximum Gasteiger partial charge on any atom is 0.416 e. The van der Waals surface area contributed by atoms with Crippen LogP contribution in [0.15, 0.2) is 97.1 Å². The highest BCUT2D eigenvalue weighted by Crippen LogP contribution is 2.44. The van der Waals surface area contributed by atoms with Gasteiger partial charge in [-0.2, -0.15) is 26.3 Å². The van der Waals surface area contributed by atoms with Crippen LogP contribution in [0.2, 0.25) is 0 Å². The number of rotatable bonds is 6. The largest absolute Gasteiger partial charge is 0.496 e. The maximum atomic E-state index is 13.3. The molecule has 4 aromatic rings. The average molecular weight is 528 g/mol. The van der Waals surface area contributed by atoms with Gasteiger partial charge in [-0.3, -0.25) is 0 Å². The Bertz CT molecular complexity index is 1320. The van der Waals surface area contributed by atoms with Crippen molar-refractivity contribution in [2.45, 2.75) is 12.4 Å². The number of hydrogen-bond donors (Lipinski definition) is 0. The molecular weight excluding hydrogens is 506 g/mol. The lowest BCUT2D eigenvalue weighted by Gasteiger charge is -2.22. The van der Waals surface area contributed by atoms with E-state index in [1.807, 2.05) is 0 Å². The van der Waals surface area contributed by atoms with E-state index in [9.17, 15) is 26.3 Å². The molecule has 2 nitrogen and oxygen atoms in total. The van der Waals surface area contributed by atoms with Gasteiger partial charge in [0.25, 0.3) is 0 Å². The molecule has 0 unspecified atom stereocenters. The van der Waals surface area contributed by atoms with Crippen LogP contribution in [0.4, 0.5) is 26.3 Å². The molecule has 0 saturated carbocycles. The molecule has 196 valence electrons. The average Bonchev–Trinajstić information content (AvgIpc) is 2.91. The van der Waals surface area contributed by atoms with Gasteiger partial charge in [0.05, 0.1) is 25.3 Å². The van der Waals surface area contributed by atoms with Crippen molar-refractivity contribution < 1.29 is 35.8 Å². The van der Waals surface area contributed by atoms with Crippen LogP contribution >= 0.6 is 0 Å². The van der Waals surface area contributed by atoms with Gasteiger partial charge in [-0.15, -0.1) is 0 Å². The molecule has 0 spiro atoms. The van der Waals surface area contributed by atoms with Crippen LogP contribution in [-0.4, -0.2) is 14.2 Å². The Morgan fingerprint density at radius 2 is 0.789 bits per heavy atom. The first-order valence-electron chi connectivity index (χ1n) is 11.4. The fourth-order valence-electron chi connectivity index (χ4n) is 4.22. The quantitative estimate of drug-likeness (QED) is 0.184. The summed E-state index contributed by atoms with van der Waals surface area (Å²) in [4.78, 5) is 0. The lowest BCUT2D eigenvalue weighted by molar-refractivity contribution is -0.138. The second-order valence-electron chi connectivity index (χ2n) is 8.30. The van der Waals surface area contributed by atoms with Gasteiger partial charge in [-0.25, -0.2) is 0 Å². The number of hydrogen-bond acceptors (Lipinski definition) is 2. The SMILES string of the molecule is COc1ccccc1/C(=C(/c1ccc(C(F)(F)F)cc1)c1ccccc1OC)c1ccc(C(F)(F)F)cc1. The third-order valence-corrected chi connectivity index (χ3v) is 6.00. The molecule has 0 amide bonds. The third kappa shape index (κ3) is 5.54. The zero-order valence-corrected chi connectivity index (χ0v) is 20.3. The summed E-state index contributed by atoms with van der Waals surface area (Å²) in [6.45, 7) is 0. The van der Waals surface area contributed by atoms with Crippen molar-refractivity contribution >= 4 is 11.1 Å². The fourth-order valence-corrected chi connectivity index (χ4v) is 4.22. The van der Waals surface area contributed by atoms with Crippen molar-refractivity contribution in [2.24, 2.45) is 0 Å². The Labute approximate surface area is 215 Å². The highest BCUT2D eigenvalue weighted by molar-refractivity contribution is 6.06. The van der Waals surface area contributed by atoms with E-state index in [2.05, 4.69) is 0 Å². The first-order valence-corrected chi connectivity index (χ1v) is 11.4. The van der Waals surface area contributed by atoms with Crippen LogP contribution in [0.1, 0.15) is 33.4 Å². The summed E-state index contributed by atoms with van der Waals surface area (Å²) in [5, 5.41) is 0. The van der Waals surface area contributed by atoms with Crippen LogP contribution < -0.4 is 9.47 Å². The van der Waals surface area contributed by atoms with E-state index in [0.29, 0.717) is 44.9 Å². The van der Waals surface area contributed by atoms with Gasteiger partial charge in [0.2, 0.25) is 0 Å². The Balaban J connectivity index is 2.13. The lowest BCUT2D eigenvalue weighted by Crippen LogP contribution is -2.06. The fraction of sp³-hybridized carbons (Fsp3) is 0.133. The van der Waals surface area contributed by atoms with E-state index in [-0.39, 0.29) is 0 Å². The molecule has 4 rings (SSSR count). The summed E-state index contributed by atoms with van der Waals surface area (Å²) in [5.41, 5.74) is 1.15. The Morgan fingerprint density at radius 1 is 0.474 bits per heavy atom. The normalized spacial score (nSPS) is 12.6. The number of ether oxygens (including phenoxy) is 2. The zero-order chi connectivity index (χ0) is 27.5. The van der Waals surface area contributed by atoms with Crippen LogP contribution in [0, 0.1) is 0 Å². The van der Waals surface area contributed by atoms with Crippen LogP contribution in [0.3, 0.4) is 0 Å². The molecule has 0 saturated heterocycles. The molecule has 0 heterocycles. The maximum absolute atomic E-state index is 13.3. The molecule has 0 radical (unpaired) electrons. The van der Waals surface area contributed by atoms with Gasteiger partial charge in [0, 0.05) is 22.3 Å². The van der Waals surface area contributed by atoms with Crippen molar-refractivity contribution in [3.63, 3.8) is 0 Å². The Morgan fingerprint density at radius 3 is 1.08 bits per heavy atom. The lowest BCUT2D eigenvalue weighted by atomic mass is 9.84. The molecule has 4 aromatic carbocycles. The van der Waals surface area contributed by atoms with Crippen LogP contribution in [-0.2, 0) is 12.4 Å². The predicted molar refractivity (Wildman–Crippen MR) is 134 cm³/mol. The minimum Gasteiger partial charge on any atom is -0.496 e. The smallest absolute Gasteiger partial charge is 0.416 e. The molecule has 8 heteroatoms. The zero-order valence-electron chi connectivity index (χ0n) is 20.3. The van der Waals surface area contributed by atoms with E-state index in [4.69, 9.17) is 9.47 Å². The molecule has 0 aliphatic rings. The minimum absolute atomic E-state index is 0.406. The van der Waals surface area contributed by atoms with Gasteiger partial charge in [-0.1, -0.05) is 60.7 Å². The standard InChI is InChI=1S/C30H22F6O2/c1-37-25-9-5-3-7-23(25)27(19-11-15-21(16-12-19)29(31,32)33)28(24-8-4-6-10-26(24)38-2)20-13-17-22(18-14-20)30(34,35)36/h3-18H,1-2H3/b28-27-. The highest BCUT2D eigenvalue weighted by atomic mass is 19.4. The summed E-state index contributed by atoms with van der Waals surface area (Å²) >= 11 is 0. The monoisotopic (exact) mass is 528 g/mol. The van der Waals surface area contributed by atoms with Gasteiger partial charge >= 0.3 is 12.4 Å². The predicted octanol–water partition coefficient (Wildman–Crippen LogP) is 8.75. The van der Waals surface area contributed by atoms with Crippen LogP contribution in [0.5, 0.6) is 11.5 Å². The highest BCUT2D eigenvalue weighted by Gasteiger charge is 2.32. The van der Waals surface area contributed by atoms with Crippen molar-refractivity contribution in [1.29, 1.82) is 0 Å². The molecule has 0 fully saturated rings. The minimum atomic E-state index is -4.54. The molecule has 0 aliphatic carbocycles. The molecule has 0 bridgehead atoms. The summed E-state index contributed by atoms with van der Waals surface area (Å²) in [6.07, 6.45) is -9.07. The number of alkyl halides is 6. The molecule has 0 atom stereocenters. The third-order valence-electron chi connectivity index (χ3n) is 6.00. The molecule has 0 aromatic heterocycles. The summed E-state index contributed by atoms with van der Waals surface area (Å²) in [6, 6.07) is 23.1. The van der Waals surface area contributed by atoms with Crippen molar-refractivity contribution in [3.8, 4) is 11.5 Å². The topological polar surface area (TPSA) is 18.5 Å². The van der Waals surface area contributed by atoms with E-state index >= 15 is 0 Å². The van der Waals surface area contributed by atoms with Crippen molar-refractivity contribution in [2.75, 3.05) is 14.2 Å². The Hall–Kier alpha value is -4.20. The molecular formula is C30H22F6O2. The number of methoxy groups -OCH3 is 2. The second kappa shape index (κ2) is 10.7. The molecule has 0 aliphatic heterocycles. The number of benzene rings is 4. The molecule has 0 N–H and O–H groups in total. The first-order chi connectivity index (χ1) is 18.0. The summed E-state index contributed by atoms with van der Waals surface area (Å²) in [7, 11) is 2.92. The number of halogens is 6. The first kappa shape index (κ1) is 26.9. The van der Waals surface area contributed by atoms with E-state index in [0.717, 1.165) is 24.3 Å². The van der Waals surface area contributed by atoms with E-state index in [1.54, 1.807) is 48.5 Å². The molecule has 38 heavy (non-hydrogen) atoms. The van der Waals surface area contributed by atoms with Crippen molar-refractivity contribution in [1.82, 2.24) is 0 Å². The summed E-state index contributed by atoms with van der Waals surface area (Å²) in [5.74, 6) is 0.864. The second-order valence-corrected chi connectivity index (χ2v) is 8.30. The summed E-state index contributed by atoms with van der Waals surface area (Å²) < 4.78 is 91.2. The van der Waals surface area contributed by atoms with Gasteiger partial charge in [0.1, 0.15) is 11.5 Å². The van der Waals surface area contributed by atoms with Crippen molar-refractivity contribution in [3.05, 3.63) is 130 Å².